The van der Waals surface area contributed by atoms with E-state index >= 15 is 0 Å². The molecule has 0 saturated heterocycles. The number of hydrogen-bond acceptors (Lipinski definition) is 7. The number of halogens is 1. The van der Waals surface area contributed by atoms with Crippen molar-refractivity contribution >= 4 is 28.4 Å². The fourth-order valence-electron chi connectivity index (χ4n) is 4.12. The number of aromatic nitrogens is 1. The zero-order valence-corrected chi connectivity index (χ0v) is 21.6. The van der Waals surface area contributed by atoms with Crippen LogP contribution in [0.1, 0.15) is 34.5 Å². The molecule has 0 aliphatic carbocycles. The second kappa shape index (κ2) is 11.3. The maximum absolute atomic E-state index is 13.5. The summed E-state index contributed by atoms with van der Waals surface area (Å²) in [6.07, 6.45) is 1.57. The molecule has 0 fully saturated rings. The highest BCUT2D eigenvalue weighted by atomic mass is 35.5. The van der Waals surface area contributed by atoms with Gasteiger partial charge in [-0.25, -0.2) is 0 Å². The number of phenolic OH excluding ortho intramolecular Hbond substituents is 1. The van der Waals surface area contributed by atoms with Crippen molar-refractivity contribution in [1.82, 2.24) is 10.3 Å². The molecule has 1 atom stereocenters. The first kappa shape index (κ1) is 25.9. The van der Waals surface area contributed by atoms with Crippen molar-refractivity contribution in [2.45, 2.75) is 13.0 Å². The third-order valence-electron chi connectivity index (χ3n) is 5.88. The molecule has 4 rings (SSSR count). The summed E-state index contributed by atoms with van der Waals surface area (Å²) in [7, 11) is 4.44. The smallest absolute Gasteiger partial charge is 0.252 e. The number of benzene rings is 3. The number of aromatic hydroxyl groups is 1. The number of amides is 1. The minimum Gasteiger partial charge on any atom is -0.505 e. The van der Waals surface area contributed by atoms with Crippen molar-refractivity contribution < 1.29 is 28.8 Å². The van der Waals surface area contributed by atoms with Gasteiger partial charge in [-0.2, -0.15) is 0 Å². The van der Waals surface area contributed by atoms with Crippen LogP contribution in [0.4, 0.5) is 0 Å². The van der Waals surface area contributed by atoms with E-state index in [0.29, 0.717) is 56.7 Å². The summed E-state index contributed by atoms with van der Waals surface area (Å²) in [5.41, 5.74) is 1.70. The van der Waals surface area contributed by atoms with Gasteiger partial charge in [0.15, 0.2) is 11.5 Å². The van der Waals surface area contributed by atoms with Gasteiger partial charge < -0.3 is 29.4 Å². The molecular weight excluding hydrogens is 496 g/mol. The Hall–Kier alpha value is -4.17. The van der Waals surface area contributed by atoms with Crippen LogP contribution in [0.15, 0.2) is 60.8 Å². The van der Waals surface area contributed by atoms with E-state index in [9.17, 15) is 9.90 Å². The van der Waals surface area contributed by atoms with Crippen LogP contribution in [-0.4, -0.2) is 43.9 Å². The van der Waals surface area contributed by atoms with Crippen LogP contribution in [0.2, 0.25) is 5.02 Å². The number of rotatable bonds is 9. The number of phenols is 1. The van der Waals surface area contributed by atoms with E-state index in [0.717, 1.165) is 0 Å². The normalized spacial score (nSPS) is 11.6. The van der Waals surface area contributed by atoms with Crippen molar-refractivity contribution in [2.75, 3.05) is 27.9 Å². The number of fused-ring (bicyclic) bond motifs is 1. The Morgan fingerprint density at radius 3 is 2.30 bits per heavy atom. The number of methoxy groups -OCH3 is 3. The maximum Gasteiger partial charge on any atom is 0.252 e. The molecule has 0 bridgehead atoms. The third-order valence-corrected chi connectivity index (χ3v) is 6.20. The molecule has 0 spiro atoms. The summed E-state index contributed by atoms with van der Waals surface area (Å²) in [5, 5.41) is 15.2. The Labute approximate surface area is 219 Å². The highest BCUT2D eigenvalue weighted by Gasteiger charge is 2.25. The maximum atomic E-state index is 13.5. The van der Waals surface area contributed by atoms with Crippen LogP contribution < -0.4 is 24.3 Å². The van der Waals surface area contributed by atoms with Crippen LogP contribution >= 0.6 is 11.6 Å². The molecule has 8 nitrogen and oxygen atoms in total. The molecule has 1 unspecified atom stereocenters. The van der Waals surface area contributed by atoms with Crippen molar-refractivity contribution in [3.05, 3.63) is 82.5 Å². The average Bonchev–Trinajstić information content (AvgIpc) is 2.93. The van der Waals surface area contributed by atoms with Crippen molar-refractivity contribution in [2.24, 2.45) is 0 Å². The van der Waals surface area contributed by atoms with Gasteiger partial charge in [-0.05, 0) is 55.0 Å². The zero-order valence-electron chi connectivity index (χ0n) is 20.9. The minimum atomic E-state index is -0.772. The fraction of sp³-hybridized carbons (Fsp3) is 0.214. The number of nitrogens with one attached hydrogen (secondary N) is 1. The third kappa shape index (κ3) is 5.20. The number of pyridine rings is 1. The second-order valence-corrected chi connectivity index (χ2v) is 8.43. The lowest BCUT2D eigenvalue weighted by molar-refractivity contribution is 0.0942. The summed E-state index contributed by atoms with van der Waals surface area (Å²) < 4.78 is 21.7. The molecule has 37 heavy (non-hydrogen) atoms. The van der Waals surface area contributed by atoms with Gasteiger partial charge in [0, 0.05) is 22.7 Å². The van der Waals surface area contributed by atoms with E-state index in [2.05, 4.69) is 10.3 Å². The molecule has 2 N–H and O–H groups in total. The Kier molecular flexibility index (Phi) is 7.89. The van der Waals surface area contributed by atoms with Gasteiger partial charge in [0.1, 0.15) is 17.0 Å². The molecular formula is C28H27ClN2O6. The van der Waals surface area contributed by atoms with Crippen molar-refractivity contribution in [1.29, 1.82) is 0 Å². The topological polar surface area (TPSA) is 99.1 Å². The fourth-order valence-corrected chi connectivity index (χ4v) is 4.39. The molecule has 0 aliphatic rings. The van der Waals surface area contributed by atoms with Gasteiger partial charge in [-0.1, -0.05) is 23.7 Å². The van der Waals surface area contributed by atoms with Gasteiger partial charge >= 0.3 is 0 Å². The van der Waals surface area contributed by atoms with E-state index in [4.69, 9.17) is 30.5 Å². The molecule has 0 radical (unpaired) electrons. The summed E-state index contributed by atoms with van der Waals surface area (Å²) in [6.45, 7) is 2.42. The Morgan fingerprint density at radius 1 is 1.03 bits per heavy atom. The summed E-state index contributed by atoms with van der Waals surface area (Å²) in [4.78, 5) is 17.9. The quantitative estimate of drug-likeness (QED) is 0.298. The first-order valence-corrected chi connectivity index (χ1v) is 11.9. The second-order valence-electron chi connectivity index (χ2n) is 8.02. The number of carbonyl (C=O) groups excluding carboxylic acids is 1. The molecule has 1 aromatic heterocycles. The first-order chi connectivity index (χ1) is 17.9. The lowest BCUT2D eigenvalue weighted by atomic mass is 9.95. The molecule has 0 saturated carbocycles. The highest BCUT2D eigenvalue weighted by Crippen LogP contribution is 2.40. The number of nitrogens with zero attached hydrogens (tertiary/aromatic N) is 1. The van der Waals surface area contributed by atoms with E-state index in [1.54, 1.807) is 48.7 Å². The van der Waals surface area contributed by atoms with E-state index < -0.39 is 11.9 Å². The average molecular weight is 523 g/mol. The van der Waals surface area contributed by atoms with E-state index in [-0.39, 0.29) is 11.3 Å². The molecule has 192 valence electrons. The van der Waals surface area contributed by atoms with Gasteiger partial charge in [-0.3, -0.25) is 9.78 Å². The monoisotopic (exact) mass is 522 g/mol. The molecule has 9 heteroatoms. The van der Waals surface area contributed by atoms with Crippen LogP contribution in [0.5, 0.6) is 28.7 Å². The van der Waals surface area contributed by atoms with Crippen LogP contribution in [0.3, 0.4) is 0 Å². The van der Waals surface area contributed by atoms with Crippen molar-refractivity contribution in [3.8, 4) is 28.7 Å². The molecule has 0 aliphatic heterocycles. The lowest BCUT2D eigenvalue weighted by Crippen LogP contribution is -2.29. The van der Waals surface area contributed by atoms with Gasteiger partial charge in [-0.15, -0.1) is 0 Å². The van der Waals surface area contributed by atoms with E-state index in [1.807, 2.05) is 19.1 Å². The van der Waals surface area contributed by atoms with Gasteiger partial charge in [0.2, 0.25) is 5.75 Å². The van der Waals surface area contributed by atoms with Crippen LogP contribution in [0.25, 0.3) is 10.9 Å². The first-order valence-electron chi connectivity index (χ1n) is 11.5. The Bertz CT molecular complexity index is 1400. The standard InChI is InChI=1S/C28H27ClN2O6/c1-5-37-18-10-8-16(9-11-18)24(20-15-21(29)19-7-6-12-30-25(19)26(20)32)31-28(33)17-13-22(34-2)27(36-4)23(14-17)35-3/h6-15,24,32H,5H2,1-4H3,(H,31,33). The Balaban J connectivity index is 1.82. The number of hydrogen-bond donors (Lipinski definition) is 2. The zero-order chi connectivity index (χ0) is 26.5. The Morgan fingerprint density at radius 2 is 1.70 bits per heavy atom. The summed E-state index contributed by atoms with van der Waals surface area (Å²) in [5.74, 6) is 1.22. The lowest BCUT2D eigenvalue weighted by Gasteiger charge is -2.23. The minimum absolute atomic E-state index is 0.0796. The molecule has 3 aromatic carbocycles. The van der Waals surface area contributed by atoms with Gasteiger partial charge in [0.05, 0.1) is 39.0 Å². The predicted octanol–water partition coefficient (Wildman–Crippen LogP) is 5.54. The van der Waals surface area contributed by atoms with Crippen molar-refractivity contribution in [3.63, 3.8) is 0 Å². The molecule has 4 aromatic rings. The van der Waals surface area contributed by atoms with Gasteiger partial charge in [0.25, 0.3) is 5.91 Å². The predicted molar refractivity (Wildman–Crippen MR) is 141 cm³/mol. The number of ether oxygens (including phenoxy) is 4. The SMILES string of the molecule is CCOc1ccc(C(NC(=O)c2cc(OC)c(OC)c(OC)c2)c2cc(Cl)c3cccnc3c2O)cc1. The highest BCUT2D eigenvalue weighted by molar-refractivity contribution is 6.35. The number of carbonyl (C=O) groups is 1. The van der Waals surface area contributed by atoms with Crippen LogP contribution in [0, 0.1) is 0 Å². The van der Waals surface area contributed by atoms with E-state index in [1.165, 1.54) is 21.3 Å². The summed E-state index contributed by atoms with van der Waals surface area (Å²) in [6, 6.07) is 14.7. The summed E-state index contributed by atoms with van der Waals surface area (Å²) >= 11 is 6.57. The van der Waals surface area contributed by atoms with Crippen LogP contribution in [-0.2, 0) is 0 Å². The largest absolute Gasteiger partial charge is 0.505 e. The molecule has 1 heterocycles. The molecule has 1 amide bonds.